The van der Waals surface area contributed by atoms with E-state index in [2.05, 4.69) is 34.7 Å². The number of pyridine rings is 1. The van der Waals surface area contributed by atoms with E-state index in [0.717, 1.165) is 49.3 Å². The van der Waals surface area contributed by atoms with Gasteiger partial charge in [0.2, 0.25) is 0 Å². The molecule has 0 amide bonds. The minimum atomic E-state index is -0.514. The van der Waals surface area contributed by atoms with Crippen molar-refractivity contribution in [2.24, 2.45) is 0 Å². The third kappa shape index (κ3) is 5.08. The number of anilines is 1. The van der Waals surface area contributed by atoms with Gasteiger partial charge in [0, 0.05) is 56.3 Å². The molecule has 1 aromatic carbocycles. The second kappa shape index (κ2) is 10.2. The molecule has 8 heteroatoms. The van der Waals surface area contributed by atoms with Crippen molar-refractivity contribution in [2.75, 3.05) is 44.7 Å². The molecule has 1 saturated heterocycles. The van der Waals surface area contributed by atoms with Gasteiger partial charge in [-0.2, -0.15) is 5.26 Å². The molecule has 0 aliphatic carbocycles. The minimum absolute atomic E-state index is 0.185. The number of ether oxygens (including phenoxy) is 1. The molecule has 1 aromatic heterocycles. The SMILES string of the molecule is COC(=O)c1cc(-c2ccc(N3CCN(C(C)C)CC3)nc2)cc([NH2+]CC#N)c1C=N. The van der Waals surface area contributed by atoms with Crippen LogP contribution in [-0.4, -0.2) is 67.9 Å². The van der Waals surface area contributed by atoms with Gasteiger partial charge in [-0.3, -0.25) is 4.90 Å². The number of hydrogen-bond acceptors (Lipinski definition) is 7. The smallest absolute Gasteiger partial charge is 0.338 e. The summed E-state index contributed by atoms with van der Waals surface area (Å²) in [6, 6.07) is 10.2. The monoisotopic (exact) mass is 421 g/mol. The van der Waals surface area contributed by atoms with Crippen LogP contribution in [0.5, 0.6) is 0 Å². The van der Waals surface area contributed by atoms with Crippen LogP contribution in [0.3, 0.4) is 0 Å². The highest BCUT2D eigenvalue weighted by Crippen LogP contribution is 2.28. The van der Waals surface area contributed by atoms with Crippen LogP contribution in [-0.2, 0) is 4.74 Å². The second-order valence-corrected chi connectivity index (χ2v) is 7.75. The summed E-state index contributed by atoms with van der Waals surface area (Å²) >= 11 is 0. The lowest BCUT2D eigenvalue weighted by molar-refractivity contribution is -0.559. The zero-order valence-corrected chi connectivity index (χ0v) is 18.3. The fraction of sp³-hybridized carbons (Fsp3) is 0.391. The quantitative estimate of drug-likeness (QED) is 0.305. The average molecular weight is 422 g/mol. The fourth-order valence-corrected chi connectivity index (χ4v) is 3.82. The molecule has 3 rings (SSSR count). The Morgan fingerprint density at radius 1 is 1.29 bits per heavy atom. The van der Waals surface area contributed by atoms with Crippen molar-refractivity contribution in [3.05, 3.63) is 41.6 Å². The van der Waals surface area contributed by atoms with Gasteiger partial charge >= 0.3 is 5.97 Å². The normalized spacial score (nSPS) is 14.4. The molecule has 0 bridgehead atoms. The number of nitrogens with two attached hydrogens (primary N) is 1. The Morgan fingerprint density at radius 3 is 2.58 bits per heavy atom. The van der Waals surface area contributed by atoms with Crippen molar-refractivity contribution in [3.8, 4) is 17.2 Å². The van der Waals surface area contributed by atoms with Gasteiger partial charge in [-0.1, -0.05) is 0 Å². The Morgan fingerprint density at radius 2 is 2.03 bits per heavy atom. The van der Waals surface area contributed by atoms with E-state index in [1.165, 1.54) is 7.11 Å². The summed E-state index contributed by atoms with van der Waals surface area (Å²) in [6.07, 6.45) is 2.93. The van der Waals surface area contributed by atoms with Gasteiger partial charge in [-0.15, -0.1) is 0 Å². The number of quaternary nitrogens is 1. The Hall–Kier alpha value is -3.28. The van der Waals surface area contributed by atoms with E-state index in [-0.39, 0.29) is 6.54 Å². The predicted octanol–water partition coefficient (Wildman–Crippen LogP) is 1.78. The topological polar surface area (TPSA) is 110 Å². The molecule has 0 unspecified atom stereocenters. The number of benzene rings is 1. The number of rotatable bonds is 7. The molecule has 3 N–H and O–H groups in total. The van der Waals surface area contributed by atoms with Gasteiger partial charge < -0.3 is 20.4 Å². The standard InChI is InChI=1S/C23H28N6O2/c1-16(2)28-8-10-29(11-9-28)22-5-4-17(15-27-22)18-12-19(23(30)31-3)20(14-25)21(13-18)26-7-6-24/h4-5,12-16,25-26H,7-11H2,1-3H3/p+1. The van der Waals surface area contributed by atoms with Crippen LogP contribution >= 0.6 is 0 Å². The zero-order chi connectivity index (χ0) is 22.4. The van der Waals surface area contributed by atoms with Gasteiger partial charge in [-0.25, -0.2) is 9.78 Å². The zero-order valence-electron chi connectivity index (χ0n) is 18.3. The summed E-state index contributed by atoms with van der Waals surface area (Å²) in [5.74, 6) is 0.423. The van der Waals surface area contributed by atoms with Gasteiger partial charge in [-0.05, 0) is 37.6 Å². The first-order valence-corrected chi connectivity index (χ1v) is 10.4. The van der Waals surface area contributed by atoms with E-state index in [9.17, 15) is 4.79 Å². The minimum Gasteiger partial charge on any atom is -0.465 e. The highest BCUT2D eigenvalue weighted by molar-refractivity contribution is 6.02. The first-order valence-electron chi connectivity index (χ1n) is 10.4. The molecule has 2 heterocycles. The molecule has 0 atom stereocenters. The molecule has 8 nitrogen and oxygen atoms in total. The van der Waals surface area contributed by atoms with Crippen LogP contribution in [0.1, 0.15) is 29.8 Å². The highest BCUT2D eigenvalue weighted by atomic mass is 16.5. The number of nitrogens with zero attached hydrogens (tertiary/aromatic N) is 4. The van der Waals surface area contributed by atoms with E-state index in [1.807, 2.05) is 18.2 Å². The fourth-order valence-electron chi connectivity index (χ4n) is 3.82. The molecular weight excluding hydrogens is 392 g/mol. The van der Waals surface area contributed by atoms with E-state index < -0.39 is 5.97 Å². The number of aromatic nitrogens is 1. The number of nitrogens with one attached hydrogen (secondary N) is 1. The van der Waals surface area contributed by atoms with Gasteiger partial charge in [0.1, 0.15) is 17.6 Å². The van der Waals surface area contributed by atoms with Gasteiger partial charge in [0.25, 0.3) is 0 Å². The highest BCUT2D eigenvalue weighted by Gasteiger charge is 2.21. The summed E-state index contributed by atoms with van der Waals surface area (Å²) in [7, 11) is 1.32. The molecule has 1 aliphatic heterocycles. The lowest BCUT2D eigenvalue weighted by atomic mass is 9.98. The average Bonchev–Trinajstić information content (AvgIpc) is 2.81. The maximum atomic E-state index is 12.3. The van der Waals surface area contributed by atoms with Gasteiger partial charge in [0.05, 0.1) is 18.2 Å². The van der Waals surface area contributed by atoms with E-state index in [1.54, 1.807) is 17.6 Å². The van der Waals surface area contributed by atoms with Crippen molar-refractivity contribution < 1.29 is 14.8 Å². The van der Waals surface area contributed by atoms with E-state index in [4.69, 9.17) is 15.4 Å². The first-order chi connectivity index (χ1) is 15.0. The number of esters is 1. The maximum absolute atomic E-state index is 12.3. The number of nitriles is 1. The summed E-state index contributed by atoms with van der Waals surface area (Å²) in [5, 5.41) is 18.4. The molecule has 2 aromatic rings. The predicted molar refractivity (Wildman–Crippen MR) is 120 cm³/mol. The van der Waals surface area contributed by atoms with Crippen LogP contribution in [0.25, 0.3) is 11.1 Å². The van der Waals surface area contributed by atoms with Crippen LogP contribution in [0.15, 0.2) is 30.5 Å². The molecule has 1 fully saturated rings. The van der Waals surface area contributed by atoms with Crippen LogP contribution in [0, 0.1) is 16.7 Å². The van der Waals surface area contributed by atoms with E-state index >= 15 is 0 Å². The Labute approximate surface area is 183 Å². The van der Waals surface area contributed by atoms with Crippen molar-refractivity contribution in [2.45, 2.75) is 19.9 Å². The Balaban J connectivity index is 1.89. The third-order valence-electron chi connectivity index (χ3n) is 5.62. The summed E-state index contributed by atoms with van der Waals surface area (Å²) in [5.41, 5.74) is 3.05. The molecule has 31 heavy (non-hydrogen) atoms. The largest absolute Gasteiger partial charge is 0.465 e. The Kier molecular flexibility index (Phi) is 7.34. The molecular formula is C23H29N6O2+. The summed E-state index contributed by atoms with van der Waals surface area (Å²) < 4.78 is 4.91. The third-order valence-corrected chi connectivity index (χ3v) is 5.62. The number of piperazine rings is 1. The first kappa shape index (κ1) is 22.4. The maximum Gasteiger partial charge on any atom is 0.338 e. The lowest BCUT2D eigenvalue weighted by Gasteiger charge is -2.37. The van der Waals surface area contributed by atoms with Gasteiger partial charge in [0.15, 0.2) is 6.54 Å². The number of hydrogen-bond donors (Lipinski definition) is 2. The van der Waals surface area contributed by atoms with Crippen LogP contribution < -0.4 is 10.2 Å². The molecule has 1 aliphatic rings. The summed E-state index contributed by atoms with van der Waals surface area (Å²) in [6.45, 7) is 8.55. The lowest BCUT2D eigenvalue weighted by Crippen LogP contribution is -2.78. The molecule has 0 spiro atoms. The van der Waals surface area contributed by atoms with Crippen LogP contribution in [0.2, 0.25) is 0 Å². The number of carbonyl (C=O) groups is 1. The summed E-state index contributed by atoms with van der Waals surface area (Å²) in [4.78, 5) is 21.7. The molecule has 162 valence electrons. The number of carbonyl (C=O) groups excluding carboxylic acids is 1. The number of methoxy groups -OCH3 is 1. The van der Waals surface area contributed by atoms with Crippen molar-refractivity contribution in [1.82, 2.24) is 9.88 Å². The van der Waals surface area contributed by atoms with Crippen molar-refractivity contribution in [1.29, 1.82) is 10.7 Å². The van der Waals surface area contributed by atoms with Crippen molar-refractivity contribution in [3.63, 3.8) is 0 Å². The van der Waals surface area contributed by atoms with Crippen molar-refractivity contribution >= 4 is 23.7 Å². The second-order valence-electron chi connectivity index (χ2n) is 7.75. The molecule has 0 radical (unpaired) electrons. The Bertz CT molecular complexity index is 973. The van der Waals surface area contributed by atoms with E-state index in [0.29, 0.717) is 22.9 Å². The molecule has 0 saturated carbocycles. The van der Waals surface area contributed by atoms with Crippen LogP contribution in [0.4, 0.5) is 11.5 Å².